The molecule has 0 aliphatic heterocycles. The molecule has 4 heteroatoms. The zero-order chi connectivity index (χ0) is 12.7. The molecule has 0 spiro atoms. The van der Waals surface area contributed by atoms with Crippen LogP contribution in [0.3, 0.4) is 0 Å². The highest BCUT2D eigenvalue weighted by molar-refractivity contribution is 5.83. The van der Waals surface area contributed by atoms with Crippen LogP contribution in [-0.2, 0) is 4.79 Å². The molecule has 4 aliphatic carbocycles. The first kappa shape index (κ1) is 11.5. The Balaban J connectivity index is 1.69. The maximum absolute atomic E-state index is 11.8. The van der Waals surface area contributed by atoms with Crippen molar-refractivity contribution in [1.82, 2.24) is 5.32 Å². The second-order valence-electron chi connectivity index (χ2n) is 6.16. The Labute approximate surface area is 107 Å². The molecule has 4 rings (SSSR count). The van der Waals surface area contributed by atoms with E-state index in [1.54, 1.807) is 12.1 Å². The molecule has 0 aromatic heterocycles. The number of amides is 1. The van der Waals surface area contributed by atoms with Crippen LogP contribution in [0.4, 0.5) is 0 Å². The van der Waals surface area contributed by atoms with Crippen LogP contribution in [0.2, 0.25) is 0 Å². The Morgan fingerprint density at radius 3 is 1.94 bits per heavy atom. The van der Waals surface area contributed by atoms with E-state index in [4.69, 9.17) is 10.5 Å². The molecule has 0 aromatic carbocycles. The van der Waals surface area contributed by atoms with Gasteiger partial charge in [-0.15, -0.1) is 0 Å². The Morgan fingerprint density at radius 2 is 1.50 bits per heavy atom. The zero-order valence-corrected chi connectivity index (χ0v) is 10.3. The van der Waals surface area contributed by atoms with E-state index >= 15 is 0 Å². The first-order valence-electron chi connectivity index (χ1n) is 6.81. The Kier molecular flexibility index (Phi) is 2.74. The quantitative estimate of drug-likeness (QED) is 0.800. The van der Waals surface area contributed by atoms with Gasteiger partial charge in [-0.05, 0) is 55.8 Å². The van der Waals surface area contributed by atoms with Crippen molar-refractivity contribution in [2.45, 2.75) is 38.1 Å². The van der Waals surface area contributed by atoms with Crippen molar-refractivity contribution in [3.8, 4) is 12.1 Å². The first-order chi connectivity index (χ1) is 8.71. The number of hydrogen-bond acceptors (Lipinski definition) is 3. The number of carbonyl (C=O) groups excluding carboxylic acids is 1. The van der Waals surface area contributed by atoms with Gasteiger partial charge in [0.2, 0.25) is 5.92 Å². The van der Waals surface area contributed by atoms with E-state index in [0.29, 0.717) is 11.8 Å². The molecule has 1 amide bonds. The molecule has 4 fully saturated rings. The zero-order valence-electron chi connectivity index (χ0n) is 10.3. The second kappa shape index (κ2) is 4.28. The molecule has 94 valence electrons. The molecule has 0 atom stereocenters. The normalized spacial score (nSPS) is 40.3. The van der Waals surface area contributed by atoms with Gasteiger partial charge in [0.1, 0.15) is 0 Å². The third-order valence-electron chi connectivity index (χ3n) is 5.06. The van der Waals surface area contributed by atoms with Crippen molar-refractivity contribution in [2.24, 2.45) is 29.6 Å². The van der Waals surface area contributed by atoms with Gasteiger partial charge >= 0.3 is 0 Å². The van der Waals surface area contributed by atoms with Crippen LogP contribution in [0.15, 0.2) is 0 Å². The third-order valence-corrected chi connectivity index (χ3v) is 5.06. The van der Waals surface area contributed by atoms with Crippen molar-refractivity contribution in [3.05, 3.63) is 0 Å². The molecular formula is C14H17N3O. The van der Waals surface area contributed by atoms with Gasteiger partial charge in [0.05, 0.1) is 12.1 Å². The van der Waals surface area contributed by atoms with Gasteiger partial charge in [-0.2, -0.15) is 10.5 Å². The summed E-state index contributed by atoms with van der Waals surface area (Å²) in [5.41, 5.74) is 0. The standard InChI is InChI=1S/C14H17N3O/c15-6-12(7-16)14(18)17-13-10-2-8-1-9(4-10)5-11(13)3-8/h8-13H,1-5H2,(H,17,18). The third kappa shape index (κ3) is 1.77. The van der Waals surface area contributed by atoms with Gasteiger partial charge in [-0.3, -0.25) is 4.79 Å². The van der Waals surface area contributed by atoms with Gasteiger partial charge < -0.3 is 5.32 Å². The topological polar surface area (TPSA) is 76.7 Å². The highest BCUT2D eigenvalue weighted by atomic mass is 16.1. The number of nitrogens with one attached hydrogen (secondary N) is 1. The summed E-state index contributed by atoms with van der Waals surface area (Å²) < 4.78 is 0. The van der Waals surface area contributed by atoms with E-state index in [9.17, 15) is 4.79 Å². The maximum Gasteiger partial charge on any atom is 0.252 e. The predicted octanol–water partition coefficient (Wildman–Crippen LogP) is 1.59. The largest absolute Gasteiger partial charge is 0.351 e. The predicted molar refractivity (Wildman–Crippen MR) is 63.7 cm³/mol. The molecule has 0 saturated heterocycles. The first-order valence-corrected chi connectivity index (χ1v) is 6.81. The minimum Gasteiger partial charge on any atom is -0.351 e. The smallest absolute Gasteiger partial charge is 0.252 e. The molecule has 0 unspecified atom stereocenters. The molecule has 0 aromatic rings. The lowest BCUT2D eigenvalue weighted by Gasteiger charge is -2.54. The van der Waals surface area contributed by atoms with E-state index in [2.05, 4.69) is 5.32 Å². The summed E-state index contributed by atoms with van der Waals surface area (Å²) in [5.74, 6) is 1.36. The monoisotopic (exact) mass is 243 g/mol. The summed E-state index contributed by atoms with van der Waals surface area (Å²) in [6, 6.07) is 3.72. The summed E-state index contributed by atoms with van der Waals surface area (Å²) in [6.07, 6.45) is 6.28. The molecule has 4 aliphatic rings. The van der Waals surface area contributed by atoms with Crippen LogP contribution in [0.5, 0.6) is 0 Å². The average molecular weight is 243 g/mol. The van der Waals surface area contributed by atoms with Gasteiger partial charge in [-0.1, -0.05) is 0 Å². The average Bonchev–Trinajstić information content (AvgIpc) is 2.34. The van der Waals surface area contributed by atoms with Gasteiger partial charge in [-0.25, -0.2) is 0 Å². The molecular weight excluding hydrogens is 226 g/mol. The number of nitrogens with zero attached hydrogens (tertiary/aromatic N) is 2. The van der Waals surface area contributed by atoms with Crippen LogP contribution in [0.1, 0.15) is 32.1 Å². The van der Waals surface area contributed by atoms with Gasteiger partial charge in [0, 0.05) is 6.04 Å². The van der Waals surface area contributed by atoms with Crippen molar-refractivity contribution in [2.75, 3.05) is 0 Å². The van der Waals surface area contributed by atoms with Crippen LogP contribution < -0.4 is 5.32 Å². The van der Waals surface area contributed by atoms with E-state index in [1.165, 1.54) is 32.1 Å². The van der Waals surface area contributed by atoms with E-state index in [1.807, 2.05) is 0 Å². The number of carbonyl (C=O) groups is 1. The second-order valence-corrected chi connectivity index (χ2v) is 6.16. The summed E-state index contributed by atoms with van der Waals surface area (Å²) >= 11 is 0. The highest BCUT2D eigenvalue weighted by Gasteiger charge is 2.48. The van der Waals surface area contributed by atoms with Crippen molar-refractivity contribution < 1.29 is 4.79 Å². The van der Waals surface area contributed by atoms with Crippen molar-refractivity contribution in [3.63, 3.8) is 0 Å². The Morgan fingerprint density at radius 1 is 1.00 bits per heavy atom. The minimum absolute atomic E-state index is 0.217. The molecule has 4 bridgehead atoms. The summed E-state index contributed by atoms with van der Waals surface area (Å²) in [6.45, 7) is 0. The lowest BCUT2D eigenvalue weighted by Crippen LogP contribution is -2.56. The number of rotatable bonds is 2. The fourth-order valence-electron chi connectivity index (χ4n) is 4.55. The summed E-state index contributed by atoms with van der Waals surface area (Å²) in [4.78, 5) is 11.8. The Hall–Kier alpha value is -1.55. The lowest BCUT2D eigenvalue weighted by atomic mass is 9.54. The molecule has 4 saturated carbocycles. The fourth-order valence-corrected chi connectivity index (χ4v) is 4.55. The SMILES string of the molecule is N#CC(C#N)C(=O)NC1C2CC3CC(C2)CC1C3. The number of nitriles is 2. The van der Waals surface area contributed by atoms with Crippen LogP contribution >= 0.6 is 0 Å². The fraction of sp³-hybridized carbons (Fsp3) is 0.786. The molecule has 0 radical (unpaired) electrons. The van der Waals surface area contributed by atoms with E-state index < -0.39 is 11.8 Å². The van der Waals surface area contributed by atoms with Crippen LogP contribution in [0.25, 0.3) is 0 Å². The highest BCUT2D eigenvalue weighted by Crippen LogP contribution is 2.53. The van der Waals surface area contributed by atoms with Gasteiger partial charge in [0.25, 0.3) is 5.91 Å². The lowest BCUT2D eigenvalue weighted by molar-refractivity contribution is -0.126. The van der Waals surface area contributed by atoms with Crippen molar-refractivity contribution >= 4 is 5.91 Å². The number of hydrogen-bond donors (Lipinski definition) is 1. The molecule has 4 nitrogen and oxygen atoms in total. The molecule has 1 N–H and O–H groups in total. The van der Waals surface area contributed by atoms with E-state index in [0.717, 1.165) is 11.8 Å². The Bertz CT molecular complexity index is 403. The van der Waals surface area contributed by atoms with E-state index in [-0.39, 0.29) is 6.04 Å². The van der Waals surface area contributed by atoms with Crippen LogP contribution in [0, 0.1) is 52.3 Å². The van der Waals surface area contributed by atoms with Crippen LogP contribution in [-0.4, -0.2) is 11.9 Å². The maximum atomic E-state index is 11.8. The summed E-state index contributed by atoms with van der Waals surface area (Å²) in [7, 11) is 0. The molecule has 18 heavy (non-hydrogen) atoms. The minimum atomic E-state index is -1.15. The van der Waals surface area contributed by atoms with Gasteiger partial charge in [0.15, 0.2) is 0 Å². The van der Waals surface area contributed by atoms with Crippen molar-refractivity contribution in [1.29, 1.82) is 10.5 Å². The molecule has 0 heterocycles. The summed E-state index contributed by atoms with van der Waals surface area (Å²) in [5, 5.41) is 20.5.